The summed E-state index contributed by atoms with van der Waals surface area (Å²) in [4.78, 5) is 24.0. The van der Waals surface area contributed by atoms with E-state index in [2.05, 4.69) is 20.2 Å². The van der Waals surface area contributed by atoms with Gasteiger partial charge in [0, 0.05) is 18.5 Å². The van der Waals surface area contributed by atoms with Crippen LogP contribution in [0, 0.1) is 13.8 Å². The summed E-state index contributed by atoms with van der Waals surface area (Å²) in [5.74, 6) is 0.813. The van der Waals surface area contributed by atoms with Crippen molar-refractivity contribution in [3.05, 3.63) is 59.4 Å². The molecule has 4 rings (SSSR count). The molecule has 3 heterocycles. The quantitative estimate of drug-likeness (QED) is 0.776. The molecule has 0 spiro atoms. The van der Waals surface area contributed by atoms with E-state index in [1.807, 2.05) is 50.2 Å². The van der Waals surface area contributed by atoms with Gasteiger partial charge in [-0.1, -0.05) is 12.1 Å². The van der Waals surface area contributed by atoms with Gasteiger partial charge < -0.3 is 10.2 Å². The highest BCUT2D eigenvalue weighted by molar-refractivity contribution is 6.06. The Morgan fingerprint density at radius 3 is 2.62 bits per heavy atom. The number of hydrogen-bond acceptors (Lipinski definition) is 4. The second-order valence-corrected chi connectivity index (χ2v) is 6.87. The molecule has 1 amide bonds. The minimum absolute atomic E-state index is 0.159. The van der Waals surface area contributed by atoms with Crippen molar-refractivity contribution in [2.24, 2.45) is 0 Å². The molecule has 1 aliphatic rings. The molecule has 0 bridgehead atoms. The van der Waals surface area contributed by atoms with Gasteiger partial charge in [0.15, 0.2) is 0 Å². The van der Waals surface area contributed by atoms with Crippen LogP contribution >= 0.6 is 0 Å². The lowest BCUT2D eigenvalue weighted by molar-refractivity contribution is 0.102. The van der Waals surface area contributed by atoms with Crippen LogP contribution in [-0.4, -0.2) is 29.0 Å². The molecule has 1 N–H and O–H groups in total. The SMILES string of the molecule is Cc1ccc2cc(C(=O)Nc3ccc(N4CCCC4)nc3)c(C)nc2c1. The van der Waals surface area contributed by atoms with E-state index in [0.29, 0.717) is 11.3 Å². The van der Waals surface area contributed by atoms with Crippen molar-refractivity contribution < 1.29 is 4.79 Å². The van der Waals surface area contributed by atoms with Gasteiger partial charge in [0.1, 0.15) is 5.82 Å². The smallest absolute Gasteiger partial charge is 0.257 e. The first-order valence-electron chi connectivity index (χ1n) is 9.00. The molecule has 0 radical (unpaired) electrons. The highest BCUT2D eigenvalue weighted by atomic mass is 16.1. The topological polar surface area (TPSA) is 58.1 Å². The third-order valence-electron chi connectivity index (χ3n) is 4.84. The predicted octanol–water partition coefficient (Wildman–Crippen LogP) is 4.10. The number of aromatic nitrogens is 2. The Bertz CT molecular complexity index is 960. The first kappa shape index (κ1) is 16.5. The maximum atomic E-state index is 12.7. The number of benzene rings is 1. The number of pyridine rings is 2. The van der Waals surface area contributed by atoms with Gasteiger partial charge in [-0.25, -0.2) is 4.98 Å². The van der Waals surface area contributed by atoms with Crippen molar-refractivity contribution >= 4 is 28.3 Å². The van der Waals surface area contributed by atoms with Crippen LogP contribution < -0.4 is 10.2 Å². The maximum absolute atomic E-state index is 12.7. The second kappa shape index (κ2) is 6.75. The van der Waals surface area contributed by atoms with Crippen LogP contribution in [0.25, 0.3) is 10.9 Å². The normalized spacial score (nSPS) is 14.0. The molecule has 3 aromatic rings. The highest BCUT2D eigenvalue weighted by Gasteiger charge is 2.15. The van der Waals surface area contributed by atoms with Gasteiger partial charge in [0.05, 0.1) is 28.7 Å². The van der Waals surface area contributed by atoms with Crippen molar-refractivity contribution in [1.82, 2.24) is 9.97 Å². The van der Waals surface area contributed by atoms with E-state index in [-0.39, 0.29) is 5.91 Å². The summed E-state index contributed by atoms with van der Waals surface area (Å²) in [6.07, 6.45) is 4.15. The Balaban J connectivity index is 1.55. The Morgan fingerprint density at radius 2 is 1.88 bits per heavy atom. The van der Waals surface area contributed by atoms with Crippen LogP contribution in [0.3, 0.4) is 0 Å². The van der Waals surface area contributed by atoms with Crippen molar-refractivity contribution in [3.63, 3.8) is 0 Å². The van der Waals surface area contributed by atoms with Gasteiger partial charge in [0.25, 0.3) is 5.91 Å². The maximum Gasteiger partial charge on any atom is 0.257 e. The second-order valence-electron chi connectivity index (χ2n) is 6.87. The van der Waals surface area contributed by atoms with Crippen LogP contribution in [0.15, 0.2) is 42.6 Å². The van der Waals surface area contributed by atoms with E-state index in [4.69, 9.17) is 0 Å². The van der Waals surface area contributed by atoms with E-state index < -0.39 is 0 Å². The molecule has 2 aromatic heterocycles. The fourth-order valence-corrected chi connectivity index (χ4v) is 3.40. The molecule has 26 heavy (non-hydrogen) atoms. The van der Waals surface area contributed by atoms with E-state index in [1.54, 1.807) is 6.20 Å². The van der Waals surface area contributed by atoms with Gasteiger partial charge in [-0.05, 0) is 56.5 Å². The van der Waals surface area contributed by atoms with Crippen molar-refractivity contribution in [1.29, 1.82) is 0 Å². The summed E-state index contributed by atoms with van der Waals surface area (Å²) < 4.78 is 0. The Hall–Kier alpha value is -2.95. The van der Waals surface area contributed by atoms with Gasteiger partial charge in [-0.3, -0.25) is 9.78 Å². The minimum Gasteiger partial charge on any atom is -0.357 e. The average molecular weight is 346 g/mol. The molecule has 0 atom stereocenters. The minimum atomic E-state index is -0.159. The zero-order valence-electron chi connectivity index (χ0n) is 15.1. The van der Waals surface area contributed by atoms with Gasteiger partial charge >= 0.3 is 0 Å². The van der Waals surface area contributed by atoms with E-state index >= 15 is 0 Å². The predicted molar refractivity (Wildman–Crippen MR) is 105 cm³/mol. The molecule has 1 aliphatic heterocycles. The zero-order valence-corrected chi connectivity index (χ0v) is 15.1. The molecule has 5 nitrogen and oxygen atoms in total. The monoisotopic (exact) mass is 346 g/mol. The van der Waals surface area contributed by atoms with Crippen LogP contribution in [0.1, 0.15) is 34.5 Å². The standard InChI is InChI=1S/C21H22N4O/c1-14-5-6-16-12-18(15(2)23-19(16)11-14)21(26)24-17-7-8-20(22-13-17)25-9-3-4-10-25/h5-8,11-13H,3-4,9-10H2,1-2H3,(H,24,26). The molecule has 132 valence electrons. The van der Waals surface area contributed by atoms with Crippen LogP contribution in [0.4, 0.5) is 11.5 Å². The van der Waals surface area contributed by atoms with E-state index in [1.165, 1.54) is 12.8 Å². The number of carbonyl (C=O) groups is 1. The van der Waals surface area contributed by atoms with Crippen LogP contribution in [-0.2, 0) is 0 Å². The van der Waals surface area contributed by atoms with Gasteiger partial charge in [-0.2, -0.15) is 0 Å². The van der Waals surface area contributed by atoms with Gasteiger partial charge in [-0.15, -0.1) is 0 Å². The Kier molecular flexibility index (Phi) is 4.29. The van der Waals surface area contributed by atoms with E-state index in [9.17, 15) is 4.79 Å². The molecular weight excluding hydrogens is 324 g/mol. The number of anilines is 2. The molecule has 1 fully saturated rings. The summed E-state index contributed by atoms with van der Waals surface area (Å²) in [5.41, 5.74) is 4.08. The van der Waals surface area contributed by atoms with Crippen molar-refractivity contribution in [2.75, 3.05) is 23.3 Å². The molecular formula is C21H22N4O. The number of hydrogen-bond donors (Lipinski definition) is 1. The highest BCUT2D eigenvalue weighted by Crippen LogP contribution is 2.21. The molecule has 1 aromatic carbocycles. The molecule has 0 saturated carbocycles. The fraction of sp³-hybridized carbons (Fsp3) is 0.286. The molecule has 5 heteroatoms. The summed E-state index contributed by atoms with van der Waals surface area (Å²) in [6, 6.07) is 11.8. The first-order valence-corrected chi connectivity index (χ1v) is 9.00. The van der Waals surface area contributed by atoms with E-state index in [0.717, 1.165) is 41.1 Å². The lowest BCUT2D eigenvalue weighted by atomic mass is 10.1. The zero-order chi connectivity index (χ0) is 18.1. The number of aryl methyl sites for hydroxylation is 2. The molecule has 0 aliphatic carbocycles. The summed E-state index contributed by atoms with van der Waals surface area (Å²) >= 11 is 0. The lowest BCUT2D eigenvalue weighted by Gasteiger charge is -2.16. The van der Waals surface area contributed by atoms with Crippen molar-refractivity contribution in [3.8, 4) is 0 Å². The van der Waals surface area contributed by atoms with Crippen LogP contribution in [0.2, 0.25) is 0 Å². The number of nitrogens with one attached hydrogen (secondary N) is 1. The number of fused-ring (bicyclic) bond motifs is 1. The van der Waals surface area contributed by atoms with Crippen LogP contribution in [0.5, 0.6) is 0 Å². The fourth-order valence-electron chi connectivity index (χ4n) is 3.40. The Labute approximate surface area is 153 Å². The number of nitrogens with zero attached hydrogens (tertiary/aromatic N) is 3. The first-order chi connectivity index (χ1) is 12.6. The summed E-state index contributed by atoms with van der Waals surface area (Å²) in [6.45, 7) is 6.02. The molecule has 0 unspecified atom stereocenters. The Morgan fingerprint density at radius 1 is 1.08 bits per heavy atom. The summed E-state index contributed by atoms with van der Waals surface area (Å²) in [5, 5.41) is 3.90. The third kappa shape index (κ3) is 3.25. The summed E-state index contributed by atoms with van der Waals surface area (Å²) in [7, 11) is 0. The van der Waals surface area contributed by atoms with Gasteiger partial charge in [0.2, 0.25) is 0 Å². The number of amides is 1. The third-order valence-corrected chi connectivity index (χ3v) is 4.84. The van der Waals surface area contributed by atoms with Crippen molar-refractivity contribution in [2.45, 2.75) is 26.7 Å². The molecule has 1 saturated heterocycles. The average Bonchev–Trinajstić information content (AvgIpc) is 3.16. The number of rotatable bonds is 3. The largest absolute Gasteiger partial charge is 0.357 e. The number of carbonyl (C=O) groups excluding carboxylic acids is 1. The lowest BCUT2D eigenvalue weighted by Crippen LogP contribution is -2.19.